The van der Waals surface area contributed by atoms with Crippen molar-refractivity contribution in [2.45, 2.75) is 23.4 Å². The van der Waals surface area contributed by atoms with E-state index in [-0.39, 0.29) is 10.9 Å². The van der Waals surface area contributed by atoms with Gasteiger partial charge >= 0.3 is 0 Å². The molecule has 2 atom stereocenters. The van der Waals surface area contributed by atoms with Crippen LogP contribution in [0.5, 0.6) is 0 Å². The zero-order valence-electron chi connectivity index (χ0n) is 12.9. The van der Waals surface area contributed by atoms with Gasteiger partial charge in [-0.2, -0.15) is 0 Å². The van der Waals surface area contributed by atoms with Crippen molar-refractivity contribution in [1.29, 1.82) is 0 Å². The third-order valence-electron chi connectivity index (χ3n) is 4.11. The maximum atomic E-state index is 13.5. The van der Waals surface area contributed by atoms with Gasteiger partial charge in [-0.15, -0.1) is 5.10 Å². The summed E-state index contributed by atoms with van der Waals surface area (Å²) in [6, 6.07) is 3.17. The Labute approximate surface area is 138 Å². The Balaban J connectivity index is 1.87. The minimum atomic E-state index is -3.83. The third kappa shape index (κ3) is 3.30. The fraction of sp³-hybridized carbons (Fsp3) is 0.429. The van der Waals surface area contributed by atoms with E-state index in [0.29, 0.717) is 25.1 Å². The Morgan fingerprint density at radius 2 is 2.12 bits per heavy atom. The summed E-state index contributed by atoms with van der Waals surface area (Å²) in [4.78, 5) is 0. The number of sulfonamides is 1. The van der Waals surface area contributed by atoms with Crippen molar-refractivity contribution in [3.8, 4) is 0 Å². The lowest BCUT2D eigenvalue weighted by Crippen LogP contribution is -2.50. The molecule has 2 aromatic rings. The van der Waals surface area contributed by atoms with Crippen LogP contribution >= 0.6 is 0 Å². The molecule has 0 radical (unpaired) electrons. The van der Waals surface area contributed by atoms with Gasteiger partial charge in [0.15, 0.2) is 16.7 Å². The molecule has 1 aromatic heterocycles. The third-order valence-corrected chi connectivity index (χ3v) is 5.64. The van der Waals surface area contributed by atoms with E-state index in [2.05, 4.69) is 20.4 Å². The van der Waals surface area contributed by atoms with Crippen molar-refractivity contribution in [1.82, 2.24) is 25.0 Å². The van der Waals surface area contributed by atoms with Gasteiger partial charge in [0.25, 0.3) is 10.0 Å². The molecular weight excluding hydrogens is 340 g/mol. The van der Waals surface area contributed by atoms with Crippen LogP contribution in [0.3, 0.4) is 0 Å². The summed E-state index contributed by atoms with van der Waals surface area (Å²) < 4.78 is 55.5. The molecule has 0 saturated carbocycles. The van der Waals surface area contributed by atoms with Crippen LogP contribution in [0.1, 0.15) is 17.9 Å². The first-order chi connectivity index (χ1) is 11.4. The van der Waals surface area contributed by atoms with Crippen LogP contribution in [-0.4, -0.2) is 42.5 Å². The van der Waals surface area contributed by atoms with E-state index in [4.69, 9.17) is 0 Å². The Kier molecular flexibility index (Phi) is 4.61. The summed E-state index contributed by atoms with van der Waals surface area (Å²) in [5.41, 5.74) is 0.561. The smallest absolute Gasteiger partial charge is 0.259 e. The maximum absolute atomic E-state index is 13.5. The van der Waals surface area contributed by atoms with Gasteiger partial charge in [0.1, 0.15) is 0 Å². The molecule has 2 unspecified atom stereocenters. The fourth-order valence-electron chi connectivity index (χ4n) is 2.91. The molecule has 1 saturated heterocycles. The molecule has 2 N–H and O–H groups in total. The quantitative estimate of drug-likeness (QED) is 0.833. The van der Waals surface area contributed by atoms with E-state index in [1.54, 1.807) is 0 Å². The highest BCUT2D eigenvalue weighted by molar-refractivity contribution is 7.89. The highest BCUT2D eigenvalue weighted by atomic mass is 32.2. The van der Waals surface area contributed by atoms with Crippen LogP contribution in [-0.2, 0) is 17.1 Å². The van der Waals surface area contributed by atoms with E-state index in [0.717, 1.165) is 23.0 Å². The summed E-state index contributed by atoms with van der Waals surface area (Å²) in [7, 11) is -2.35. The lowest BCUT2D eigenvalue weighted by atomic mass is 9.86. The highest BCUT2D eigenvalue weighted by Crippen LogP contribution is 2.28. The average molecular weight is 357 g/mol. The largest absolute Gasteiger partial charge is 0.315 e. The van der Waals surface area contributed by atoms with Crippen molar-refractivity contribution in [2.24, 2.45) is 7.05 Å². The van der Waals surface area contributed by atoms with Crippen molar-refractivity contribution in [2.75, 3.05) is 13.1 Å². The molecule has 1 aromatic carbocycles. The second-order valence-corrected chi connectivity index (χ2v) is 7.36. The minimum absolute atomic E-state index is 0.0582. The van der Waals surface area contributed by atoms with Gasteiger partial charge in [-0.25, -0.2) is 26.6 Å². The number of halogens is 2. The van der Waals surface area contributed by atoms with Gasteiger partial charge in [0, 0.05) is 25.6 Å². The first-order valence-corrected chi connectivity index (χ1v) is 8.89. The van der Waals surface area contributed by atoms with E-state index < -0.39 is 27.7 Å². The van der Waals surface area contributed by atoms with E-state index >= 15 is 0 Å². The summed E-state index contributed by atoms with van der Waals surface area (Å²) in [5.74, 6) is -2.13. The predicted octanol–water partition coefficient (Wildman–Crippen LogP) is 0.517. The van der Waals surface area contributed by atoms with E-state index in [1.807, 2.05) is 0 Å². The zero-order valence-corrected chi connectivity index (χ0v) is 13.7. The van der Waals surface area contributed by atoms with Gasteiger partial charge in [-0.3, -0.25) is 0 Å². The first kappa shape index (κ1) is 16.9. The molecular formula is C14H17F2N5O2S. The lowest BCUT2D eigenvalue weighted by molar-refractivity contribution is 0.375. The molecule has 1 aliphatic heterocycles. The number of aryl methyl sites for hydroxylation is 1. The minimum Gasteiger partial charge on any atom is -0.315 e. The van der Waals surface area contributed by atoms with Gasteiger partial charge in [0.2, 0.25) is 0 Å². The summed E-state index contributed by atoms with van der Waals surface area (Å²) >= 11 is 0. The van der Waals surface area contributed by atoms with Gasteiger partial charge in [0.05, 0.1) is 6.20 Å². The Morgan fingerprint density at radius 1 is 1.33 bits per heavy atom. The summed E-state index contributed by atoms with van der Waals surface area (Å²) in [6.45, 7) is 1.04. The SMILES string of the molecule is Cn1nncc1S(=O)(=O)NC1CNCCC1c1ccc(F)c(F)c1. The fourth-order valence-corrected chi connectivity index (χ4v) is 4.24. The Morgan fingerprint density at radius 3 is 2.79 bits per heavy atom. The predicted molar refractivity (Wildman–Crippen MR) is 81.7 cm³/mol. The van der Waals surface area contributed by atoms with Crippen LogP contribution < -0.4 is 10.0 Å². The molecule has 0 bridgehead atoms. The normalized spacial score (nSPS) is 21.8. The number of benzene rings is 1. The van der Waals surface area contributed by atoms with Crippen LogP contribution in [0.4, 0.5) is 8.78 Å². The number of nitrogens with one attached hydrogen (secondary N) is 2. The van der Waals surface area contributed by atoms with Gasteiger partial charge in [-0.1, -0.05) is 11.3 Å². The topological polar surface area (TPSA) is 88.9 Å². The highest BCUT2D eigenvalue weighted by Gasteiger charge is 2.32. The van der Waals surface area contributed by atoms with Gasteiger partial charge < -0.3 is 5.32 Å². The van der Waals surface area contributed by atoms with Crippen LogP contribution in [0.2, 0.25) is 0 Å². The van der Waals surface area contributed by atoms with Crippen molar-refractivity contribution < 1.29 is 17.2 Å². The molecule has 10 heteroatoms. The molecule has 1 fully saturated rings. The second kappa shape index (κ2) is 6.54. The van der Waals surface area contributed by atoms with E-state index in [9.17, 15) is 17.2 Å². The standard InChI is InChI=1S/C14H17F2N5O2S/c1-21-14(8-18-20-21)24(22,23)19-13-7-17-5-4-10(13)9-2-3-11(15)12(16)6-9/h2-3,6,8,10,13,17,19H,4-5,7H2,1H3. The lowest BCUT2D eigenvalue weighted by Gasteiger charge is -2.32. The number of aromatic nitrogens is 3. The van der Waals surface area contributed by atoms with Crippen molar-refractivity contribution >= 4 is 10.0 Å². The number of rotatable bonds is 4. The second-order valence-electron chi connectivity index (χ2n) is 5.70. The monoisotopic (exact) mass is 357 g/mol. The molecule has 0 aliphatic carbocycles. The number of hydrogen-bond donors (Lipinski definition) is 2. The van der Waals surface area contributed by atoms with Crippen molar-refractivity contribution in [3.05, 3.63) is 41.6 Å². The Hall–Kier alpha value is -1.91. The summed E-state index contributed by atoms with van der Waals surface area (Å²) in [5, 5.41) is 10.2. The molecule has 24 heavy (non-hydrogen) atoms. The molecule has 3 rings (SSSR count). The zero-order chi connectivity index (χ0) is 17.3. The van der Waals surface area contributed by atoms with Gasteiger partial charge in [-0.05, 0) is 30.7 Å². The average Bonchev–Trinajstić information content (AvgIpc) is 2.97. The summed E-state index contributed by atoms with van der Waals surface area (Å²) in [6.07, 6.45) is 1.76. The number of hydrogen-bond acceptors (Lipinski definition) is 5. The molecule has 2 heterocycles. The van der Waals surface area contributed by atoms with Crippen LogP contribution in [0, 0.1) is 11.6 Å². The number of nitrogens with zero attached hydrogens (tertiary/aromatic N) is 3. The van der Waals surface area contributed by atoms with Crippen LogP contribution in [0.25, 0.3) is 0 Å². The number of piperidine rings is 1. The van der Waals surface area contributed by atoms with Crippen LogP contribution in [0.15, 0.2) is 29.4 Å². The molecule has 0 amide bonds. The maximum Gasteiger partial charge on any atom is 0.259 e. The molecule has 7 nitrogen and oxygen atoms in total. The van der Waals surface area contributed by atoms with E-state index in [1.165, 1.54) is 13.1 Å². The Bertz CT molecular complexity index is 839. The molecule has 130 valence electrons. The molecule has 0 spiro atoms. The first-order valence-electron chi connectivity index (χ1n) is 7.41. The van der Waals surface area contributed by atoms with Crippen molar-refractivity contribution in [3.63, 3.8) is 0 Å². The molecule has 1 aliphatic rings.